The molecule has 1 unspecified atom stereocenters. The lowest BCUT2D eigenvalue weighted by Gasteiger charge is -2.32. The highest BCUT2D eigenvalue weighted by Gasteiger charge is 2.22. The molecule has 2 aromatic carbocycles. The third-order valence-electron chi connectivity index (χ3n) is 5.80. The Bertz CT molecular complexity index is 884. The molecule has 1 heterocycles. The summed E-state index contributed by atoms with van der Waals surface area (Å²) in [5.74, 6) is 0.609. The third kappa shape index (κ3) is 6.50. The molecule has 2 aromatic rings. The molecule has 1 aliphatic rings. The normalized spacial score (nSPS) is 16.1. The van der Waals surface area contributed by atoms with E-state index in [4.69, 9.17) is 33.7 Å². The Morgan fingerprint density at radius 2 is 1.94 bits per heavy atom. The molecular formula is C23H29Cl2N3O3. The number of hydrogen-bond acceptors (Lipinski definition) is 5. The van der Waals surface area contributed by atoms with E-state index in [0.717, 1.165) is 38.0 Å². The molecule has 1 amide bonds. The van der Waals surface area contributed by atoms with Crippen molar-refractivity contribution in [3.8, 4) is 5.75 Å². The first kappa shape index (κ1) is 23.7. The number of aliphatic hydroxyl groups is 1. The maximum absolute atomic E-state index is 12.6. The number of benzene rings is 2. The first-order valence-electron chi connectivity index (χ1n) is 10.4. The van der Waals surface area contributed by atoms with Crippen LogP contribution in [-0.2, 0) is 0 Å². The molecule has 0 aliphatic carbocycles. The van der Waals surface area contributed by atoms with Gasteiger partial charge < -0.3 is 25.8 Å². The molecule has 6 nitrogen and oxygen atoms in total. The number of likely N-dealkylation sites (tertiary alicyclic amines) is 1. The Hall–Kier alpha value is -1.99. The molecule has 1 saturated heterocycles. The molecule has 0 bridgehead atoms. The molecule has 8 heteroatoms. The molecule has 1 aliphatic heterocycles. The van der Waals surface area contributed by atoms with Crippen LogP contribution in [0.15, 0.2) is 36.4 Å². The number of nitrogens with two attached hydrogens (primary N) is 1. The average Bonchev–Trinajstić information content (AvgIpc) is 2.78. The number of amides is 1. The number of aliphatic hydroxyl groups excluding tert-OH is 1. The van der Waals surface area contributed by atoms with Crippen molar-refractivity contribution in [2.75, 3.05) is 39.0 Å². The summed E-state index contributed by atoms with van der Waals surface area (Å²) in [5.41, 5.74) is 7.43. The van der Waals surface area contributed by atoms with Crippen molar-refractivity contribution < 1.29 is 14.6 Å². The second kappa shape index (κ2) is 11.0. The summed E-state index contributed by atoms with van der Waals surface area (Å²) < 4.78 is 5.26. The topological polar surface area (TPSA) is 87.8 Å². The lowest BCUT2D eigenvalue weighted by Crippen LogP contribution is -2.39. The molecule has 1 fully saturated rings. The molecule has 3 rings (SSSR count). The molecule has 0 aromatic heterocycles. The molecule has 1 atom stereocenters. The van der Waals surface area contributed by atoms with E-state index in [0.29, 0.717) is 45.9 Å². The fourth-order valence-electron chi connectivity index (χ4n) is 3.82. The SMILES string of the molecule is COc1cc(N)c(Cl)cc1C(=O)NCC1CCN(CCC(O)c2ccc(Cl)cc2)CC1. The number of carbonyl (C=O) groups excluding carboxylic acids is 1. The molecule has 31 heavy (non-hydrogen) atoms. The number of piperidine rings is 1. The van der Waals surface area contributed by atoms with Gasteiger partial charge in [0, 0.05) is 24.2 Å². The number of carbonyl (C=O) groups is 1. The number of methoxy groups -OCH3 is 1. The van der Waals surface area contributed by atoms with Crippen molar-refractivity contribution in [2.24, 2.45) is 5.92 Å². The Morgan fingerprint density at radius 3 is 2.58 bits per heavy atom. The summed E-state index contributed by atoms with van der Waals surface area (Å²) in [4.78, 5) is 15.0. The van der Waals surface area contributed by atoms with Crippen LogP contribution in [0.4, 0.5) is 5.69 Å². The zero-order chi connectivity index (χ0) is 22.4. The van der Waals surface area contributed by atoms with Gasteiger partial charge in [-0.25, -0.2) is 0 Å². The van der Waals surface area contributed by atoms with Crippen LogP contribution in [0, 0.1) is 5.92 Å². The van der Waals surface area contributed by atoms with Gasteiger partial charge >= 0.3 is 0 Å². The van der Waals surface area contributed by atoms with E-state index < -0.39 is 6.10 Å². The second-order valence-electron chi connectivity index (χ2n) is 7.93. The fourth-order valence-corrected chi connectivity index (χ4v) is 4.11. The maximum atomic E-state index is 12.6. The zero-order valence-corrected chi connectivity index (χ0v) is 19.1. The van der Waals surface area contributed by atoms with Crippen LogP contribution < -0.4 is 15.8 Å². The van der Waals surface area contributed by atoms with Crippen LogP contribution in [0.5, 0.6) is 5.75 Å². The van der Waals surface area contributed by atoms with Crippen LogP contribution in [0.3, 0.4) is 0 Å². The minimum absolute atomic E-state index is 0.215. The Morgan fingerprint density at radius 1 is 1.26 bits per heavy atom. The van der Waals surface area contributed by atoms with Crippen molar-refractivity contribution in [3.05, 3.63) is 57.6 Å². The van der Waals surface area contributed by atoms with Gasteiger partial charge in [0.05, 0.1) is 29.5 Å². The summed E-state index contributed by atoms with van der Waals surface area (Å²) >= 11 is 12.0. The Kier molecular flexibility index (Phi) is 8.43. The van der Waals surface area contributed by atoms with Crippen molar-refractivity contribution in [2.45, 2.75) is 25.4 Å². The fraction of sp³-hybridized carbons (Fsp3) is 0.435. The van der Waals surface area contributed by atoms with Gasteiger partial charge in [0.15, 0.2) is 0 Å². The number of halogens is 2. The smallest absolute Gasteiger partial charge is 0.255 e. The summed E-state index contributed by atoms with van der Waals surface area (Å²) in [6, 6.07) is 10.4. The van der Waals surface area contributed by atoms with Crippen LogP contribution in [0.1, 0.15) is 41.3 Å². The lowest BCUT2D eigenvalue weighted by molar-refractivity contribution is 0.0925. The zero-order valence-electron chi connectivity index (χ0n) is 17.6. The van der Waals surface area contributed by atoms with Crippen molar-refractivity contribution >= 4 is 34.8 Å². The first-order chi connectivity index (χ1) is 14.9. The largest absolute Gasteiger partial charge is 0.496 e. The standard InChI is InChI=1S/C23H29Cl2N3O3/c1-31-22-13-20(26)19(25)12-18(22)23(30)27-14-15-6-9-28(10-7-15)11-8-21(29)16-2-4-17(24)5-3-16/h2-5,12-13,15,21,29H,6-11,14,26H2,1H3,(H,27,30). The van der Waals surface area contributed by atoms with Crippen LogP contribution in [-0.4, -0.2) is 49.2 Å². The number of rotatable bonds is 8. The summed E-state index contributed by atoms with van der Waals surface area (Å²) in [6.45, 7) is 3.34. The highest BCUT2D eigenvalue weighted by molar-refractivity contribution is 6.33. The predicted octanol–water partition coefficient (Wildman–Crippen LogP) is 4.15. The lowest BCUT2D eigenvalue weighted by atomic mass is 9.96. The van der Waals surface area contributed by atoms with Gasteiger partial charge in [-0.1, -0.05) is 35.3 Å². The predicted molar refractivity (Wildman–Crippen MR) is 125 cm³/mol. The van der Waals surface area contributed by atoms with Gasteiger partial charge in [0.2, 0.25) is 0 Å². The number of hydrogen-bond donors (Lipinski definition) is 3. The van der Waals surface area contributed by atoms with Gasteiger partial charge in [0.25, 0.3) is 5.91 Å². The quantitative estimate of drug-likeness (QED) is 0.509. The van der Waals surface area contributed by atoms with Crippen molar-refractivity contribution in [1.82, 2.24) is 10.2 Å². The molecule has 4 N–H and O–H groups in total. The molecule has 0 spiro atoms. The third-order valence-corrected chi connectivity index (χ3v) is 6.37. The minimum atomic E-state index is -0.490. The molecule has 168 valence electrons. The monoisotopic (exact) mass is 465 g/mol. The molecule has 0 radical (unpaired) electrons. The summed E-state index contributed by atoms with van der Waals surface area (Å²) in [7, 11) is 1.50. The van der Waals surface area contributed by atoms with Crippen LogP contribution in [0.2, 0.25) is 10.0 Å². The van der Waals surface area contributed by atoms with E-state index in [9.17, 15) is 9.90 Å². The number of anilines is 1. The van der Waals surface area contributed by atoms with Gasteiger partial charge in [0.1, 0.15) is 5.75 Å². The molecule has 0 saturated carbocycles. The van der Waals surface area contributed by atoms with E-state index in [2.05, 4.69) is 10.2 Å². The number of nitrogens with zero attached hydrogens (tertiary/aromatic N) is 1. The van der Waals surface area contributed by atoms with Gasteiger partial charge in [-0.05, 0) is 62.0 Å². The Balaban J connectivity index is 1.42. The Labute approximate surface area is 193 Å². The van der Waals surface area contributed by atoms with Gasteiger partial charge in [-0.3, -0.25) is 4.79 Å². The minimum Gasteiger partial charge on any atom is -0.496 e. The number of nitrogen functional groups attached to an aromatic ring is 1. The van der Waals surface area contributed by atoms with E-state index in [1.54, 1.807) is 24.3 Å². The van der Waals surface area contributed by atoms with Crippen molar-refractivity contribution in [3.63, 3.8) is 0 Å². The maximum Gasteiger partial charge on any atom is 0.255 e. The average molecular weight is 466 g/mol. The van der Waals surface area contributed by atoms with Crippen molar-refractivity contribution in [1.29, 1.82) is 0 Å². The van der Waals surface area contributed by atoms with Gasteiger partial charge in [-0.15, -0.1) is 0 Å². The van der Waals surface area contributed by atoms with E-state index in [1.807, 2.05) is 12.1 Å². The molecular weight excluding hydrogens is 437 g/mol. The van der Waals surface area contributed by atoms with Crippen LogP contribution >= 0.6 is 23.2 Å². The van der Waals surface area contributed by atoms with E-state index in [-0.39, 0.29) is 5.91 Å². The first-order valence-corrected chi connectivity index (χ1v) is 11.2. The van der Waals surface area contributed by atoms with E-state index >= 15 is 0 Å². The van der Waals surface area contributed by atoms with Gasteiger partial charge in [-0.2, -0.15) is 0 Å². The highest BCUT2D eigenvalue weighted by atomic mass is 35.5. The highest BCUT2D eigenvalue weighted by Crippen LogP contribution is 2.29. The van der Waals surface area contributed by atoms with E-state index in [1.165, 1.54) is 7.11 Å². The second-order valence-corrected chi connectivity index (χ2v) is 8.77. The number of nitrogens with one attached hydrogen (secondary N) is 1. The van der Waals surface area contributed by atoms with Crippen LogP contribution in [0.25, 0.3) is 0 Å². The summed E-state index contributed by atoms with van der Waals surface area (Å²) in [5, 5.41) is 14.4. The number of ether oxygens (including phenoxy) is 1. The summed E-state index contributed by atoms with van der Waals surface area (Å²) in [6.07, 6.45) is 2.19.